The second-order valence-electron chi connectivity index (χ2n) is 7.42. The minimum atomic E-state index is -0.767. The lowest BCUT2D eigenvalue weighted by Crippen LogP contribution is -2.45. The molecule has 170 valence electrons. The molecule has 2 heterocycles. The lowest BCUT2D eigenvalue weighted by Gasteiger charge is -2.28. The van der Waals surface area contributed by atoms with Crippen molar-refractivity contribution in [3.05, 3.63) is 82.7 Å². The van der Waals surface area contributed by atoms with Crippen LogP contribution in [0.2, 0.25) is 5.02 Å². The molecule has 1 atom stereocenters. The summed E-state index contributed by atoms with van der Waals surface area (Å²) in [5, 5.41) is 10.9. The van der Waals surface area contributed by atoms with Gasteiger partial charge in [0.15, 0.2) is 0 Å². The van der Waals surface area contributed by atoms with Gasteiger partial charge < -0.3 is 20.1 Å². The molecule has 9 heteroatoms. The molecule has 0 bridgehead atoms. The number of nitrogens with zero attached hydrogens (tertiary/aromatic N) is 2. The van der Waals surface area contributed by atoms with Crippen molar-refractivity contribution in [1.29, 1.82) is 0 Å². The van der Waals surface area contributed by atoms with Crippen molar-refractivity contribution in [3.63, 3.8) is 0 Å². The number of carbonyl (C=O) groups excluding carboxylic acids is 2. The Balaban J connectivity index is 1.83. The molecule has 0 aliphatic carbocycles. The summed E-state index contributed by atoms with van der Waals surface area (Å²) in [7, 11) is 1.53. The Hall–Kier alpha value is -3.62. The second-order valence-corrected chi connectivity index (χ2v) is 7.86. The lowest BCUT2D eigenvalue weighted by molar-refractivity contribution is -0.140. The number of aromatic nitrogens is 2. The summed E-state index contributed by atoms with van der Waals surface area (Å²) in [5.74, 6) is -0.545. The van der Waals surface area contributed by atoms with Crippen LogP contribution in [-0.4, -0.2) is 42.1 Å². The van der Waals surface area contributed by atoms with Crippen molar-refractivity contribution in [3.8, 4) is 16.9 Å². The number of hydrogen-bond acceptors (Lipinski definition) is 5. The topological polar surface area (TPSA) is 94.5 Å². The molecule has 1 aliphatic rings. The van der Waals surface area contributed by atoms with E-state index in [-0.39, 0.29) is 13.2 Å². The molecule has 1 aliphatic heterocycles. The van der Waals surface area contributed by atoms with Gasteiger partial charge in [0.25, 0.3) is 0 Å². The smallest absolute Gasteiger partial charge is 0.338 e. The van der Waals surface area contributed by atoms with Gasteiger partial charge in [-0.05, 0) is 31.2 Å². The molecule has 0 saturated carbocycles. The fourth-order valence-corrected chi connectivity index (χ4v) is 3.76. The maximum absolute atomic E-state index is 13.0. The Bertz CT molecular complexity index is 1190. The van der Waals surface area contributed by atoms with E-state index in [1.807, 2.05) is 48.7 Å². The van der Waals surface area contributed by atoms with Crippen LogP contribution < -0.4 is 10.6 Å². The van der Waals surface area contributed by atoms with Crippen molar-refractivity contribution in [2.75, 3.05) is 20.3 Å². The van der Waals surface area contributed by atoms with Gasteiger partial charge in [-0.2, -0.15) is 5.10 Å². The Labute approximate surface area is 196 Å². The first-order valence-electron chi connectivity index (χ1n) is 10.3. The molecule has 2 amide bonds. The number of methoxy groups -OCH3 is 1. The third kappa shape index (κ3) is 4.92. The van der Waals surface area contributed by atoms with Crippen molar-refractivity contribution in [2.24, 2.45) is 0 Å². The molecule has 2 aromatic carbocycles. The van der Waals surface area contributed by atoms with Gasteiger partial charge in [0, 0.05) is 35.2 Å². The van der Waals surface area contributed by atoms with E-state index in [9.17, 15) is 9.59 Å². The standard InChI is InChI=1S/C24H23ClN4O4/c1-15-20(23(30)33-13-12-32-2)22(27-24(31)26-15)19-14-29(18-6-4-3-5-7-18)28-21(19)16-8-10-17(25)11-9-16/h3-11,14,22H,12-13H2,1-2H3,(H2,26,27,31)/t22-/m0/s1. The number of nitrogens with one attached hydrogen (secondary N) is 2. The molecule has 0 unspecified atom stereocenters. The van der Waals surface area contributed by atoms with E-state index in [1.54, 1.807) is 23.7 Å². The Kier molecular flexibility index (Phi) is 6.76. The van der Waals surface area contributed by atoms with Crippen LogP contribution >= 0.6 is 11.6 Å². The first-order valence-corrected chi connectivity index (χ1v) is 10.7. The summed E-state index contributed by atoms with van der Waals surface area (Å²) in [6, 6.07) is 15.6. The summed E-state index contributed by atoms with van der Waals surface area (Å²) in [4.78, 5) is 25.4. The largest absolute Gasteiger partial charge is 0.460 e. The highest BCUT2D eigenvalue weighted by Gasteiger charge is 2.35. The van der Waals surface area contributed by atoms with Crippen molar-refractivity contribution >= 4 is 23.6 Å². The van der Waals surface area contributed by atoms with Crippen LogP contribution in [0.1, 0.15) is 18.5 Å². The van der Waals surface area contributed by atoms with E-state index < -0.39 is 18.0 Å². The molecule has 2 N–H and O–H groups in total. The number of benzene rings is 2. The quantitative estimate of drug-likeness (QED) is 0.405. The Morgan fingerprint density at radius 2 is 1.85 bits per heavy atom. The zero-order valence-corrected chi connectivity index (χ0v) is 18.9. The van der Waals surface area contributed by atoms with Gasteiger partial charge in [-0.25, -0.2) is 14.3 Å². The van der Waals surface area contributed by atoms with E-state index in [0.717, 1.165) is 11.3 Å². The first kappa shape index (κ1) is 22.6. The summed E-state index contributed by atoms with van der Waals surface area (Å²) in [6.07, 6.45) is 1.81. The predicted octanol–water partition coefficient (Wildman–Crippen LogP) is 4.01. The molecule has 4 rings (SSSR count). The zero-order chi connectivity index (χ0) is 23.4. The van der Waals surface area contributed by atoms with Gasteiger partial charge in [0.2, 0.25) is 0 Å². The van der Waals surface area contributed by atoms with E-state index >= 15 is 0 Å². The number of halogens is 1. The highest BCUT2D eigenvalue weighted by molar-refractivity contribution is 6.30. The number of hydrogen-bond donors (Lipinski definition) is 2. The van der Waals surface area contributed by atoms with Crippen LogP contribution in [0.15, 0.2) is 72.1 Å². The van der Waals surface area contributed by atoms with Crippen molar-refractivity contribution in [2.45, 2.75) is 13.0 Å². The van der Waals surface area contributed by atoms with Gasteiger partial charge >= 0.3 is 12.0 Å². The minimum Gasteiger partial charge on any atom is -0.460 e. The van der Waals surface area contributed by atoms with Crippen molar-refractivity contribution in [1.82, 2.24) is 20.4 Å². The van der Waals surface area contributed by atoms with Gasteiger partial charge in [0.1, 0.15) is 6.61 Å². The molecule has 8 nitrogen and oxygen atoms in total. The van der Waals surface area contributed by atoms with E-state index in [1.165, 1.54) is 7.11 Å². The summed E-state index contributed by atoms with van der Waals surface area (Å²) in [6.45, 7) is 2.03. The second kappa shape index (κ2) is 9.89. The monoisotopic (exact) mass is 466 g/mol. The third-order valence-electron chi connectivity index (χ3n) is 5.20. The fourth-order valence-electron chi connectivity index (χ4n) is 3.64. The highest BCUT2D eigenvalue weighted by Crippen LogP contribution is 2.35. The van der Waals surface area contributed by atoms with Crippen LogP contribution in [0.25, 0.3) is 16.9 Å². The average molecular weight is 467 g/mol. The number of ether oxygens (including phenoxy) is 2. The summed E-state index contributed by atoms with van der Waals surface area (Å²) >= 11 is 6.08. The Morgan fingerprint density at radius 3 is 2.55 bits per heavy atom. The van der Waals surface area contributed by atoms with Crippen LogP contribution in [0, 0.1) is 0 Å². The van der Waals surface area contributed by atoms with E-state index in [0.29, 0.717) is 27.6 Å². The predicted molar refractivity (Wildman–Crippen MR) is 124 cm³/mol. The summed E-state index contributed by atoms with van der Waals surface area (Å²) < 4.78 is 12.1. The molecule has 1 aromatic heterocycles. The number of esters is 1. The highest BCUT2D eigenvalue weighted by atomic mass is 35.5. The molecule has 33 heavy (non-hydrogen) atoms. The number of rotatable bonds is 7. The van der Waals surface area contributed by atoms with E-state index in [2.05, 4.69) is 10.6 Å². The average Bonchev–Trinajstić information content (AvgIpc) is 3.25. The molecule has 3 aromatic rings. The molecule has 0 radical (unpaired) electrons. The molecular weight excluding hydrogens is 444 g/mol. The third-order valence-corrected chi connectivity index (χ3v) is 5.45. The van der Waals surface area contributed by atoms with Crippen LogP contribution in [0.4, 0.5) is 4.79 Å². The van der Waals surface area contributed by atoms with Crippen LogP contribution in [-0.2, 0) is 14.3 Å². The summed E-state index contributed by atoms with van der Waals surface area (Å²) in [5.41, 5.74) is 3.60. The van der Waals surface area contributed by atoms with Gasteiger partial charge in [0.05, 0.1) is 29.6 Å². The minimum absolute atomic E-state index is 0.0973. The normalized spacial score (nSPS) is 15.7. The maximum atomic E-state index is 13.0. The van der Waals surface area contributed by atoms with E-state index in [4.69, 9.17) is 26.2 Å². The number of para-hydroxylation sites is 1. The number of amides is 2. The molecule has 0 saturated heterocycles. The molecule has 0 spiro atoms. The maximum Gasteiger partial charge on any atom is 0.338 e. The SMILES string of the molecule is COCCOC(=O)C1=C(C)NC(=O)N[C@H]1c1cn(-c2ccccc2)nc1-c1ccc(Cl)cc1. The van der Waals surface area contributed by atoms with Gasteiger partial charge in [-0.3, -0.25) is 0 Å². The first-order chi connectivity index (χ1) is 16.0. The van der Waals surface area contributed by atoms with Gasteiger partial charge in [-0.15, -0.1) is 0 Å². The molecular formula is C24H23ClN4O4. The van der Waals surface area contributed by atoms with Crippen LogP contribution in [0.5, 0.6) is 0 Å². The molecule has 0 fully saturated rings. The number of urea groups is 1. The number of carbonyl (C=O) groups is 2. The Morgan fingerprint density at radius 1 is 1.12 bits per heavy atom. The van der Waals surface area contributed by atoms with Crippen LogP contribution in [0.3, 0.4) is 0 Å². The zero-order valence-electron chi connectivity index (χ0n) is 18.2. The van der Waals surface area contributed by atoms with Gasteiger partial charge in [-0.1, -0.05) is 41.9 Å². The van der Waals surface area contributed by atoms with Crippen molar-refractivity contribution < 1.29 is 19.1 Å². The fraction of sp³-hybridized carbons (Fsp3) is 0.208. The number of allylic oxidation sites excluding steroid dienone is 1. The lowest BCUT2D eigenvalue weighted by atomic mass is 9.94.